The zero-order valence-electron chi connectivity index (χ0n) is 15.6. The van der Waals surface area contributed by atoms with Crippen LogP contribution >= 0.6 is 11.3 Å². The van der Waals surface area contributed by atoms with E-state index in [0.29, 0.717) is 16.5 Å². The second-order valence-corrected chi connectivity index (χ2v) is 7.57. The molecule has 0 atom stereocenters. The summed E-state index contributed by atoms with van der Waals surface area (Å²) >= 11 is 1.38. The largest absolute Gasteiger partial charge is 0.367 e. The van der Waals surface area contributed by atoms with Crippen LogP contribution in [0.3, 0.4) is 0 Å². The highest BCUT2D eigenvalue weighted by molar-refractivity contribution is 7.12. The van der Waals surface area contributed by atoms with Gasteiger partial charge in [-0.3, -0.25) is 9.78 Å². The molecule has 4 heterocycles. The number of nitrogens with one attached hydrogen (secondary N) is 2. The number of nitrogens with zero attached hydrogens (tertiary/aromatic N) is 5. The number of benzene rings is 1. The number of amides is 1. The maximum absolute atomic E-state index is 12.8. The number of anilines is 2. The summed E-state index contributed by atoms with van der Waals surface area (Å²) in [6.45, 7) is 3.62. The number of fused-ring (bicyclic) bond motifs is 1. The summed E-state index contributed by atoms with van der Waals surface area (Å²) in [7, 11) is 0. The van der Waals surface area contributed by atoms with Gasteiger partial charge in [-0.15, -0.1) is 11.3 Å². The number of aromatic nitrogens is 4. The van der Waals surface area contributed by atoms with Crippen LogP contribution in [-0.4, -0.2) is 51.8 Å². The van der Waals surface area contributed by atoms with Gasteiger partial charge in [0.25, 0.3) is 5.91 Å². The average molecular weight is 405 g/mol. The number of pyridine rings is 1. The van der Waals surface area contributed by atoms with E-state index in [0.717, 1.165) is 42.8 Å². The van der Waals surface area contributed by atoms with Crippen molar-refractivity contribution in [3.05, 3.63) is 60.0 Å². The van der Waals surface area contributed by atoms with Crippen molar-refractivity contribution in [2.75, 3.05) is 36.4 Å². The molecule has 1 saturated heterocycles. The summed E-state index contributed by atoms with van der Waals surface area (Å²) in [6.07, 6.45) is 5.35. The highest BCUT2D eigenvalue weighted by Crippen LogP contribution is 2.26. The van der Waals surface area contributed by atoms with E-state index in [9.17, 15) is 4.79 Å². The Hall–Kier alpha value is -3.30. The van der Waals surface area contributed by atoms with E-state index < -0.39 is 0 Å². The van der Waals surface area contributed by atoms with Crippen LogP contribution in [0.25, 0.3) is 16.0 Å². The molecule has 146 valence electrons. The molecule has 1 aliphatic heterocycles. The highest BCUT2D eigenvalue weighted by atomic mass is 32.1. The average Bonchev–Trinajstić information content (AvgIpc) is 3.42. The smallest absolute Gasteiger partial charge is 0.275 e. The van der Waals surface area contributed by atoms with Gasteiger partial charge in [0.15, 0.2) is 0 Å². The lowest BCUT2D eigenvalue weighted by Crippen LogP contribution is -2.43. The van der Waals surface area contributed by atoms with Crippen molar-refractivity contribution < 1.29 is 4.79 Å². The van der Waals surface area contributed by atoms with Crippen molar-refractivity contribution in [1.82, 2.24) is 25.1 Å². The van der Waals surface area contributed by atoms with E-state index in [1.165, 1.54) is 11.3 Å². The topological polar surface area (TPSA) is 88.0 Å². The lowest BCUT2D eigenvalue weighted by atomic mass is 10.2. The molecule has 9 heteroatoms. The molecule has 1 aliphatic rings. The lowest BCUT2D eigenvalue weighted by Gasteiger charge is -2.30. The molecule has 3 aromatic heterocycles. The summed E-state index contributed by atoms with van der Waals surface area (Å²) in [6, 6.07) is 9.80. The van der Waals surface area contributed by atoms with Crippen LogP contribution in [0.15, 0.2) is 54.3 Å². The van der Waals surface area contributed by atoms with Gasteiger partial charge in [-0.2, -0.15) is 5.10 Å². The maximum atomic E-state index is 12.8. The SMILES string of the molecule is O=C(Nc1cnccc1N1CCNCC1)c1csc(-n2cc3ccccc3n2)n1. The number of hydrogen-bond donors (Lipinski definition) is 2. The second-order valence-electron chi connectivity index (χ2n) is 6.73. The molecule has 1 amide bonds. The van der Waals surface area contributed by atoms with Crippen LogP contribution in [0.2, 0.25) is 0 Å². The molecule has 0 unspecified atom stereocenters. The van der Waals surface area contributed by atoms with Gasteiger partial charge in [0.1, 0.15) is 5.69 Å². The van der Waals surface area contributed by atoms with Gasteiger partial charge < -0.3 is 15.5 Å². The molecule has 0 spiro atoms. The van der Waals surface area contributed by atoms with Crippen LogP contribution in [0.1, 0.15) is 10.5 Å². The molecule has 29 heavy (non-hydrogen) atoms. The fourth-order valence-corrected chi connectivity index (χ4v) is 4.12. The molecular weight excluding hydrogens is 386 g/mol. The third kappa shape index (κ3) is 3.57. The molecular formula is C20H19N7OS. The number of thiazole rings is 1. The fourth-order valence-electron chi connectivity index (χ4n) is 3.39. The first-order valence-corrected chi connectivity index (χ1v) is 10.3. The molecule has 1 fully saturated rings. The zero-order chi connectivity index (χ0) is 19.6. The van der Waals surface area contributed by atoms with Gasteiger partial charge >= 0.3 is 0 Å². The Labute approximate surface area is 171 Å². The van der Waals surface area contributed by atoms with E-state index in [4.69, 9.17) is 0 Å². The molecule has 0 radical (unpaired) electrons. The highest BCUT2D eigenvalue weighted by Gasteiger charge is 2.18. The van der Waals surface area contributed by atoms with E-state index >= 15 is 0 Å². The molecule has 0 bridgehead atoms. The maximum Gasteiger partial charge on any atom is 0.275 e. The molecule has 4 aromatic rings. The van der Waals surface area contributed by atoms with E-state index in [1.54, 1.807) is 22.5 Å². The van der Waals surface area contributed by atoms with Gasteiger partial charge in [0.05, 0.1) is 23.1 Å². The van der Waals surface area contributed by atoms with Gasteiger partial charge in [-0.05, 0) is 12.1 Å². The Morgan fingerprint density at radius 1 is 1.17 bits per heavy atom. The minimum atomic E-state index is -0.256. The number of hydrogen-bond acceptors (Lipinski definition) is 7. The summed E-state index contributed by atoms with van der Waals surface area (Å²) in [5, 5.41) is 14.3. The number of rotatable bonds is 4. The molecule has 8 nitrogen and oxygen atoms in total. The third-order valence-electron chi connectivity index (χ3n) is 4.84. The van der Waals surface area contributed by atoms with Crippen molar-refractivity contribution in [3.8, 4) is 5.13 Å². The van der Waals surface area contributed by atoms with E-state index in [2.05, 4.69) is 30.6 Å². The monoisotopic (exact) mass is 405 g/mol. The first-order chi connectivity index (χ1) is 14.3. The fraction of sp³-hybridized carbons (Fsp3) is 0.200. The van der Waals surface area contributed by atoms with E-state index in [-0.39, 0.29) is 5.91 Å². The first-order valence-electron chi connectivity index (χ1n) is 9.39. The molecule has 2 N–H and O–H groups in total. The third-order valence-corrected chi connectivity index (χ3v) is 5.67. The quantitative estimate of drug-likeness (QED) is 0.543. The summed E-state index contributed by atoms with van der Waals surface area (Å²) < 4.78 is 1.71. The summed E-state index contributed by atoms with van der Waals surface area (Å²) in [5.41, 5.74) is 2.92. The Bertz CT molecular complexity index is 1130. The molecule has 0 aliphatic carbocycles. The van der Waals surface area contributed by atoms with Crippen molar-refractivity contribution in [2.24, 2.45) is 0 Å². The van der Waals surface area contributed by atoms with Crippen molar-refractivity contribution in [2.45, 2.75) is 0 Å². The Morgan fingerprint density at radius 2 is 2.03 bits per heavy atom. The van der Waals surface area contributed by atoms with Gasteiger partial charge in [0.2, 0.25) is 5.13 Å². The molecule has 0 saturated carbocycles. The van der Waals surface area contributed by atoms with Crippen LogP contribution in [0, 0.1) is 0 Å². The number of piperazine rings is 1. The number of carbonyl (C=O) groups excluding carboxylic acids is 1. The van der Waals surface area contributed by atoms with Crippen molar-refractivity contribution >= 4 is 39.5 Å². The Morgan fingerprint density at radius 3 is 2.90 bits per heavy atom. The van der Waals surface area contributed by atoms with E-state index in [1.807, 2.05) is 36.5 Å². The van der Waals surface area contributed by atoms with Crippen LogP contribution in [0.5, 0.6) is 0 Å². The Kier molecular flexibility index (Phi) is 4.66. The summed E-state index contributed by atoms with van der Waals surface area (Å²) in [4.78, 5) is 23.7. The second kappa shape index (κ2) is 7.61. The zero-order valence-corrected chi connectivity index (χ0v) is 16.4. The van der Waals surface area contributed by atoms with Crippen LogP contribution in [0.4, 0.5) is 11.4 Å². The molecule has 1 aromatic carbocycles. The van der Waals surface area contributed by atoms with Gasteiger partial charge in [-0.25, -0.2) is 9.67 Å². The van der Waals surface area contributed by atoms with Gasteiger partial charge in [0, 0.05) is 49.3 Å². The Balaban J connectivity index is 1.37. The van der Waals surface area contributed by atoms with Gasteiger partial charge in [-0.1, -0.05) is 18.2 Å². The summed E-state index contributed by atoms with van der Waals surface area (Å²) in [5.74, 6) is -0.256. The van der Waals surface area contributed by atoms with Crippen LogP contribution in [-0.2, 0) is 0 Å². The van der Waals surface area contributed by atoms with Crippen molar-refractivity contribution in [3.63, 3.8) is 0 Å². The normalized spacial score (nSPS) is 14.3. The van der Waals surface area contributed by atoms with Crippen LogP contribution < -0.4 is 15.5 Å². The number of carbonyl (C=O) groups is 1. The molecule has 5 rings (SSSR count). The first kappa shape index (κ1) is 17.8. The standard InChI is InChI=1S/C20H19N7OS/c28-19(23-16-11-22-6-5-18(16)26-9-7-21-8-10-26)17-13-29-20(24-17)27-12-14-3-1-2-4-15(14)25-27/h1-6,11-13,21H,7-10H2,(H,23,28). The minimum absolute atomic E-state index is 0.256. The minimum Gasteiger partial charge on any atom is -0.367 e. The van der Waals surface area contributed by atoms with Crippen molar-refractivity contribution in [1.29, 1.82) is 0 Å². The predicted molar refractivity (Wildman–Crippen MR) is 114 cm³/mol. The predicted octanol–water partition coefficient (Wildman–Crippen LogP) is 2.54. The lowest BCUT2D eigenvalue weighted by molar-refractivity contribution is 0.102.